The highest BCUT2D eigenvalue weighted by molar-refractivity contribution is 9.10. The van der Waals surface area contributed by atoms with E-state index in [1.54, 1.807) is 12.1 Å². The molecule has 1 aliphatic rings. The molecule has 4 nitrogen and oxygen atoms in total. The third-order valence-corrected chi connectivity index (χ3v) is 7.24. The number of hydrogen-bond donors (Lipinski definition) is 1. The summed E-state index contributed by atoms with van der Waals surface area (Å²) in [4.78, 5) is 4.51. The minimum absolute atomic E-state index is 0.511. The Morgan fingerprint density at radius 1 is 0.800 bits per heavy atom. The normalized spacial score (nSPS) is 16.8. The van der Waals surface area contributed by atoms with Crippen LogP contribution in [0, 0.1) is 0 Å². The molecule has 1 atom stereocenters. The van der Waals surface area contributed by atoms with Gasteiger partial charge >= 0.3 is 6.18 Å². The second-order valence-corrected chi connectivity index (χ2v) is 10.1. The van der Waals surface area contributed by atoms with Gasteiger partial charge in [-0.25, -0.2) is 0 Å². The zero-order chi connectivity index (χ0) is 24.6. The van der Waals surface area contributed by atoms with Crippen molar-refractivity contribution < 1.29 is 18.3 Å². The quantitative estimate of drug-likeness (QED) is 0.334. The summed E-state index contributed by atoms with van der Waals surface area (Å²) in [6.45, 7) is 4.99. The van der Waals surface area contributed by atoms with Gasteiger partial charge in [0.05, 0.1) is 18.2 Å². The van der Waals surface area contributed by atoms with E-state index in [-0.39, 0.29) is 0 Å². The molecule has 3 aromatic carbocycles. The molecule has 0 spiro atoms. The van der Waals surface area contributed by atoms with Gasteiger partial charge in [0.1, 0.15) is 0 Å². The molecule has 1 unspecified atom stereocenters. The molecule has 0 amide bonds. The number of hydrogen-bond acceptors (Lipinski definition) is 3. The number of fused-ring (bicyclic) bond motifs is 3. The average molecular weight is 546 g/mol. The van der Waals surface area contributed by atoms with Gasteiger partial charge in [-0.1, -0.05) is 46.3 Å². The number of piperazine rings is 1. The van der Waals surface area contributed by atoms with Gasteiger partial charge in [-0.2, -0.15) is 13.2 Å². The summed E-state index contributed by atoms with van der Waals surface area (Å²) >= 11 is 3.57. The van der Waals surface area contributed by atoms with Crippen molar-refractivity contribution >= 4 is 37.7 Å². The smallest absolute Gasteiger partial charge is 0.390 e. The molecule has 0 aliphatic carbocycles. The maximum atomic E-state index is 12.8. The number of nitrogens with zero attached hydrogens (tertiary/aromatic N) is 3. The summed E-state index contributed by atoms with van der Waals surface area (Å²) in [5, 5.41) is 13.3. The van der Waals surface area contributed by atoms with Crippen LogP contribution in [0.25, 0.3) is 21.8 Å². The standard InChI is InChI=1S/C27H27BrF3N3O/c28-21-9-10-26-24(15-21)23-3-1-2-4-25(23)34(26)18-22(35)17-33-13-11-32(12-14-33)16-19-5-7-20(8-6-19)27(29,30)31/h1-10,15,22,35H,11-14,16-18H2. The first-order valence-corrected chi connectivity index (χ1v) is 12.5. The Morgan fingerprint density at radius 3 is 2.17 bits per heavy atom. The zero-order valence-electron chi connectivity index (χ0n) is 19.2. The van der Waals surface area contributed by atoms with Gasteiger partial charge in [0.25, 0.3) is 0 Å². The Labute approximate surface area is 210 Å². The van der Waals surface area contributed by atoms with Crippen LogP contribution < -0.4 is 0 Å². The van der Waals surface area contributed by atoms with Gasteiger partial charge in [-0.05, 0) is 42.0 Å². The van der Waals surface area contributed by atoms with Gasteiger partial charge in [0.15, 0.2) is 0 Å². The summed E-state index contributed by atoms with van der Waals surface area (Å²) in [5.74, 6) is 0. The lowest BCUT2D eigenvalue weighted by Crippen LogP contribution is -2.48. The van der Waals surface area contributed by atoms with Crippen LogP contribution in [0.1, 0.15) is 11.1 Å². The molecule has 1 fully saturated rings. The van der Waals surface area contributed by atoms with E-state index in [2.05, 4.69) is 54.6 Å². The maximum Gasteiger partial charge on any atom is 0.416 e. The lowest BCUT2D eigenvalue weighted by atomic mass is 10.1. The Hall–Kier alpha value is -2.39. The minimum Gasteiger partial charge on any atom is -0.390 e. The Kier molecular flexibility index (Phi) is 6.90. The monoisotopic (exact) mass is 545 g/mol. The van der Waals surface area contributed by atoms with Gasteiger partial charge < -0.3 is 9.67 Å². The van der Waals surface area contributed by atoms with Crippen LogP contribution in [0.2, 0.25) is 0 Å². The Bertz CT molecular complexity index is 1310. The number of β-amino-alcohol motifs (C(OH)–C–C–N with tert-alkyl or cyclic N) is 1. The first kappa shape index (κ1) is 24.3. The van der Waals surface area contributed by atoms with Gasteiger partial charge in [0.2, 0.25) is 0 Å². The van der Waals surface area contributed by atoms with Crippen LogP contribution in [0.15, 0.2) is 71.2 Å². The summed E-state index contributed by atoms with van der Waals surface area (Å²) in [5.41, 5.74) is 2.48. The van der Waals surface area contributed by atoms with E-state index in [4.69, 9.17) is 0 Å². The zero-order valence-corrected chi connectivity index (χ0v) is 20.8. The molecule has 8 heteroatoms. The molecule has 184 valence electrons. The van der Waals surface area contributed by atoms with Crippen molar-refractivity contribution in [2.24, 2.45) is 0 Å². The number of benzene rings is 3. The lowest BCUT2D eigenvalue weighted by molar-refractivity contribution is -0.137. The van der Waals surface area contributed by atoms with Crippen LogP contribution in [0.5, 0.6) is 0 Å². The van der Waals surface area contributed by atoms with Crippen LogP contribution in [-0.4, -0.2) is 58.3 Å². The molecule has 2 heterocycles. The number of rotatable bonds is 6. The summed E-state index contributed by atoms with van der Waals surface area (Å²) in [7, 11) is 0. The summed E-state index contributed by atoms with van der Waals surface area (Å²) in [6.07, 6.45) is -4.82. The van der Waals surface area contributed by atoms with Gasteiger partial charge in [-0.3, -0.25) is 9.80 Å². The van der Waals surface area contributed by atoms with E-state index in [1.165, 1.54) is 10.8 Å². The van der Waals surface area contributed by atoms with E-state index >= 15 is 0 Å². The molecule has 5 rings (SSSR count). The Morgan fingerprint density at radius 2 is 1.46 bits per heavy atom. The van der Waals surface area contributed by atoms with E-state index in [0.717, 1.165) is 59.4 Å². The van der Waals surface area contributed by atoms with Crippen LogP contribution >= 0.6 is 15.9 Å². The fraction of sp³-hybridized carbons (Fsp3) is 0.333. The second-order valence-electron chi connectivity index (χ2n) is 9.21. The average Bonchev–Trinajstić information content (AvgIpc) is 3.13. The SMILES string of the molecule is OC(CN1CCN(Cc2ccc(C(F)(F)F)cc2)CC1)Cn1c2ccccc2c2cc(Br)ccc21. The van der Waals surface area contributed by atoms with Crippen molar-refractivity contribution in [2.45, 2.75) is 25.4 Å². The largest absolute Gasteiger partial charge is 0.416 e. The van der Waals surface area contributed by atoms with E-state index in [9.17, 15) is 18.3 Å². The molecule has 1 aromatic heterocycles. The number of alkyl halides is 3. The van der Waals surface area contributed by atoms with E-state index in [1.807, 2.05) is 18.2 Å². The van der Waals surface area contributed by atoms with Crippen molar-refractivity contribution in [3.63, 3.8) is 0 Å². The minimum atomic E-state index is -4.30. The highest BCUT2D eigenvalue weighted by atomic mass is 79.9. The van der Waals surface area contributed by atoms with Gasteiger partial charge in [-0.15, -0.1) is 0 Å². The fourth-order valence-electron chi connectivity index (χ4n) is 4.98. The first-order chi connectivity index (χ1) is 16.8. The fourth-order valence-corrected chi connectivity index (χ4v) is 5.34. The highest BCUT2D eigenvalue weighted by Gasteiger charge is 2.30. The maximum absolute atomic E-state index is 12.8. The molecule has 1 aliphatic heterocycles. The molecule has 0 saturated carbocycles. The van der Waals surface area contributed by atoms with E-state index < -0.39 is 17.8 Å². The molecular formula is C27H27BrF3N3O. The topological polar surface area (TPSA) is 31.6 Å². The predicted octanol–water partition coefficient (Wildman–Crippen LogP) is 5.75. The van der Waals surface area contributed by atoms with E-state index in [0.29, 0.717) is 19.6 Å². The molecule has 0 radical (unpaired) electrons. The molecule has 35 heavy (non-hydrogen) atoms. The Balaban J connectivity index is 1.18. The molecule has 4 aromatic rings. The number of para-hydroxylation sites is 1. The van der Waals surface area contributed by atoms with Crippen molar-refractivity contribution in [2.75, 3.05) is 32.7 Å². The molecular weight excluding hydrogens is 519 g/mol. The van der Waals surface area contributed by atoms with Gasteiger partial charge in [0, 0.05) is 65.5 Å². The number of aromatic nitrogens is 1. The summed E-state index contributed by atoms with van der Waals surface area (Å²) in [6, 6.07) is 19.9. The number of halogens is 4. The van der Waals surface area contributed by atoms with Crippen LogP contribution in [-0.2, 0) is 19.3 Å². The third-order valence-electron chi connectivity index (χ3n) is 6.75. The van der Waals surface area contributed by atoms with Crippen LogP contribution in [0.4, 0.5) is 13.2 Å². The first-order valence-electron chi connectivity index (χ1n) is 11.7. The molecule has 0 bridgehead atoms. The predicted molar refractivity (Wildman–Crippen MR) is 136 cm³/mol. The number of aliphatic hydroxyl groups excluding tert-OH is 1. The third kappa shape index (κ3) is 5.40. The number of aliphatic hydroxyl groups is 1. The summed E-state index contributed by atoms with van der Waals surface area (Å²) < 4.78 is 41.6. The molecule has 1 saturated heterocycles. The van der Waals surface area contributed by atoms with Crippen molar-refractivity contribution in [3.05, 3.63) is 82.3 Å². The van der Waals surface area contributed by atoms with Crippen molar-refractivity contribution in [3.8, 4) is 0 Å². The van der Waals surface area contributed by atoms with Crippen molar-refractivity contribution in [1.82, 2.24) is 14.4 Å². The van der Waals surface area contributed by atoms with Crippen molar-refractivity contribution in [1.29, 1.82) is 0 Å². The molecule has 1 N–H and O–H groups in total. The second kappa shape index (κ2) is 9.93. The lowest BCUT2D eigenvalue weighted by Gasteiger charge is -2.35. The highest BCUT2D eigenvalue weighted by Crippen LogP contribution is 2.32. The van der Waals surface area contributed by atoms with Crippen LogP contribution in [0.3, 0.4) is 0 Å².